The second-order valence-electron chi connectivity index (χ2n) is 8.06. The van der Waals surface area contributed by atoms with E-state index >= 15 is 0 Å². The molecule has 2 aromatic carbocycles. The zero-order chi connectivity index (χ0) is 17.8. The molecule has 0 saturated heterocycles. The van der Waals surface area contributed by atoms with Gasteiger partial charge in [0.25, 0.3) is 0 Å². The van der Waals surface area contributed by atoms with E-state index in [0.717, 1.165) is 5.30 Å². The van der Waals surface area contributed by atoms with Gasteiger partial charge in [0.15, 0.2) is 7.29 Å². The van der Waals surface area contributed by atoms with Gasteiger partial charge in [-0.05, 0) is 16.9 Å². The molecular weight excluding hydrogens is 313 g/mol. The summed E-state index contributed by atoms with van der Waals surface area (Å²) in [7, 11) is -2.72. The molecule has 2 nitrogen and oxygen atoms in total. The van der Waals surface area contributed by atoms with E-state index in [9.17, 15) is 4.57 Å². The predicted molar refractivity (Wildman–Crippen MR) is 105 cm³/mol. The quantitative estimate of drug-likeness (QED) is 0.689. The van der Waals surface area contributed by atoms with Crippen molar-refractivity contribution in [1.82, 2.24) is 5.09 Å². The Morgan fingerprint density at radius 3 is 1.88 bits per heavy atom. The molecule has 130 valence electrons. The van der Waals surface area contributed by atoms with Gasteiger partial charge in [0.1, 0.15) is 0 Å². The minimum absolute atomic E-state index is 0.0173. The molecule has 0 saturated carbocycles. The highest BCUT2D eigenvalue weighted by molar-refractivity contribution is 7.69. The fraction of sp³-hybridized carbons (Fsp3) is 0.429. The van der Waals surface area contributed by atoms with Crippen molar-refractivity contribution in [3.05, 3.63) is 66.2 Å². The summed E-state index contributed by atoms with van der Waals surface area (Å²) in [5, 5.41) is 4.49. The lowest BCUT2D eigenvalue weighted by atomic mass is 9.97. The molecule has 2 rings (SSSR count). The van der Waals surface area contributed by atoms with E-state index in [1.54, 1.807) is 0 Å². The van der Waals surface area contributed by atoms with Gasteiger partial charge >= 0.3 is 0 Å². The van der Waals surface area contributed by atoms with Gasteiger partial charge in [-0.25, -0.2) is 0 Å². The molecule has 24 heavy (non-hydrogen) atoms. The molecule has 1 N–H and O–H groups in total. The summed E-state index contributed by atoms with van der Waals surface area (Å²) in [5.74, 6) is 0.351. The van der Waals surface area contributed by atoms with Crippen LogP contribution in [0.5, 0.6) is 0 Å². The maximum Gasteiger partial charge on any atom is 0.177 e. The molecule has 0 aromatic heterocycles. The van der Waals surface area contributed by atoms with Crippen LogP contribution in [0, 0.1) is 11.3 Å². The molecule has 2 aromatic rings. The normalized spacial score (nSPS) is 15.9. The van der Waals surface area contributed by atoms with Gasteiger partial charge < -0.3 is 4.57 Å². The molecule has 2 atom stereocenters. The second kappa shape index (κ2) is 7.68. The fourth-order valence-electron chi connectivity index (χ4n) is 3.04. The van der Waals surface area contributed by atoms with Crippen molar-refractivity contribution in [2.24, 2.45) is 11.3 Å². The molecule has 0 aliphatic rings. The predicted octanol–water partition coefficient (Wildman–Crippen LogP) is 5.62. The SMILES string of the molecule is CC(C)C(NP(=O)(CC(C)(C)C)c1ccccc1)c1ccccc1. The molecule has 3 heteroatoms. The summed E-state index contributed by atoms with van der Waals surface area (Å²) in [4.78, 5) is 0. The van der Waals surface area contributed by atoms with Gasteiger partial charge in [-0.3, -0.25) is 5.09 Å². The van der Waals surface area contributed by atoms with Crippen molar-refractivity contribution < 1.29 is 4.57 Å². The van der Waals surface area contributed by atoms with E-state index in [1.165, 1.54) is 5.56 Å². The van der Waals surface area contributed by atoms with Crippen LogP contribution in [0.3, 0.4) is 0 Å². The number of nitrogens with one attached hydrogen (secondary N) is 1. The Bertz CT molecular complexity index is 674. The Balaban J connectivity index is 2.42. The first-order valence-electron chi connectivity index (χ1n) is 8.69. The second-order valence-corrected chi connectivity index (χ2v) is 10.6. The lowest BCUT2D eigenvalue weighted by molar-refractivity contribution is 0.437. The average Bonchev–Trinajstić information content (AvgIpc) is 2.52. The van der Waals surface area contributed by atoms with E-state index in [1.807, 2.05) is 48.5 Å². The third kappa shape index (κ3) is 5.06. The van der Waals surface area contributed by atoms with E-state index in [4.69, 9.17) is 0 Å². The van der Waals surface area contributed by atoms with Crippen molar-refractivity contribution in [1.29, 1.82) is 0 Å². The lowest BCUT2D eigenvalue weighted by Gasteiger charge is -2.33. The van der Waals surface area contributed by atoms with Crippen LogP contribution >= 0.6 is 7.29 Å². The van der Waals surface area contributed by atoms with Crippen LogP contribution in [0.4, 0.5) is 0 Å². The highest BCUT2D eigenvalue weighted by Crippen LogP contribution is 2.48. The van der Waals surface area contributed by atoms with E-state index < -0.39 is 7.29 Å². The monoisotopic (exact) mass is 343 g/mol. The Labute approximate surface area is 147 Å². The van der Waals surface area contributed by atoms with Gasteiger partial charge in [0, 0.05) is 17.5 Å². The summed E-state index contributed by atoms with van der Waals surface area (Å²) in [5.41, 5.74) is 1.17. The third-order valence-corrected chi connectivity index (χ3v) is 7.26. The molecular formula is C21H30NOP. The van der Waals surface area contributed by atoms with E-state index in [0.29, 0.717) is 12.1 Å². The maximum absolute atomic E-state index is 14.0. The Kier molecular flexibility index (Phi) is 6.06. The molecule has 0 spiro atoms. The van der Waals surface area contributed by atoms with Crippen LogP contribution in [0.15, 0.2) is 60.7 Å². The van der Waals surface area contributed by atoms with Crippen LogP contribution in [-0.2, 0) is 4.57 Å². The molecule has 0 bridgehead atoms. The van der Waals surface area contributed by atoms with Gasteiger partial charge in [0.2, 0.25) is 0 Å². The first-order valence-corrected chi connectivity index (χ1v) is 10.6. The van der Waals surface area contributed by atoms with Crippen molar-refractivity contribution in [3.63, 3.8) is 0 Å². The number of benzene rings is 2. The third-order valence-electron chi connectivity index (χ3n) is 4.04. The first kappa shape index (κ1) is 19.0. The highest BCUT2D eigenvalue weighted by Gasteiger charge is 2.33. The van der Waals surface area contributed by atoms with E-state index in [-0.39, 0.29) is 11.5 Å². The molecule has 0 fully saturated rings. The Morgan fingerprint density at radius 2 is 1.42 bits per heavy atom. The Hall–Kier alpha value is -1.37. The minimum atomic E-state index is -2.72. The van der Waals surface area contributed by atoms with Crippen molar-refractivity contribution in [2.45, 2.75) is 40.7 Å². The van der Waals surface area contributed by atoms with Crippen LogP contribution in [0.2, 0.25) is 0 Å². The van der Waals surface area contributed by atoms with Crippen molar-refractivity contribution in [3.8, 4) is 0 Å². The largest absolute Gasteiger partial charge is 0.302 e. The minimum Gasteiger partial charge on any atom is -0.302 e. The van der Waals surface area contributed by atoms with Crippen LogP contribution in [-0.4, -0.2) is 6.16 Å². The lowest BCUT2D eigenvalue weighted by Crippen LogP contribution is -2.32. The molecule has 2 unspecified atom stereocenters. The topological polar surface area (TPSA) is 29.1 Å². The van der Waals surface area contributed by atoms with E-state index in [2.05, 4.69) is 51.8 Å². The van der Waals surface area contributed by atoms with Gasteiger partial charge in [0.05, 0.1) is 0 Å². The standard InChI is InChI=1S/C21H30NOP/c1-17(2)20(18-12-8-6-9-13-18)22-24(23,16-21(3,4)5)19-14-10-7-11-15-19/h6-15,17,20H,16H2,1-5H3,(H,22,23). The van der Waals surface area contributed by atoms with Gasteiger partial charge in [-0.1, -0.05) is 95.3 Å². The maximum atomic E-state index is 14.0. The number of hydrogen-bond donors (Lipinski definition) is 1. The smallest absolute Gasteiger partial charge is 0.177 e. The summed E-state index contributed by atoms with van der Waals surface area (Å²) in [6.45, 7) is 10.8. The van der Waals surface area contributed by atoms with Crippen molar-refractivity contribution >= 4 is 12.6 Å². The molecule has 0 radical (unpaired) electrons. The zero-order valence-corrected chi connectivity index (χ0v) is 16.4. The van der Waals surface area contributed by atoms with Crippen molar-refractivity contribution in [2.75, 3.05) is 6.16 Å². The summed E-state index contributed by atoms with van der Waals surface area (Å²) in [6.07, 6.45) is 0.639. The zero-order valence-electron chi connectivity index (χ0n) is 15.5. The van der Waals surface area contributed by atoms with Crippen LogP contribution in [0.25, 0.3) is 0 Å². The molecule has 0 heterocycles. The molecule has 0 aliphatic heterocycles. The van der Waals surface area contributed by atoms with Gasteiger partial charge in [-0.15, -0.1) is 0 Å². The highest BCUT2D eigenvalue weighted by atomic mass is 31.2. The summed E-state index contributed by atoms with van der Waals surface area (Å²) < 4.78 is 14.0. The average molecular weight is 343 g/mol. The number of hydrogen-bond acceptors (Lipinski definition) is 1. The Morgan fingerprint density at radius 1 is 0.917 bits per heavy atom. The van der Waals surface area contributed by atoms with Crippen LogP contribution in [0.1, 0.15) is 46.2 Å². The van der Waals surface area contributed by atoms with Crippen LogP contribution < -0.4 is 10.4 Å². The first-order chi connectivity index (χ1) is 11.2. The molecule has 0 aliphatic carbocycles. The molecule has 0 amide bonds. The summed E-state index contributed by atoms with van der Waals surface area (Å²) in [6, 6.07) is 20.3. The van der Waals surface area contributed by atoms with Gasteiger partial charge in [-0.2, -0.15) is 0 Å². The fourth-order valence-corrected chi connectivity index (χ4v) is 6.35. The number of rotatable bonds is 6. The summed E-state index contributed by atoms with van der Waals surface area (Å²) >= 11 is 0.